The van der Waals surface area contributed by atoms with Crippen LogP contribution in [0.2, 0.25) is 0 Å². The maximum absolute atomic E-state index is 6.73. The van der Waals surface area contributed by atoms with Crippen molar-refractivity contribution in [3.63, 3.8) is 0 Å². The van der Waals surface area contributed by atoms with Crippen LogP contribution in [0, 0.1) is 0 Å². The van der Waals surface area contributed by atoms with Gasteiger partial charge in [0.25, 0.3) is 0 Å². The molecule has 0 N–H and O–H groups in total. The molecule has 8 bridgehead atoms. The fourth-order valence-corrected chi connectivity index (χ4v) is 7.33. The van der Waals surface area contributed by atoms with E-state index in [4.69, 9.17) is 18.9 Å². The minimum atomic E-state index is 0.622. The Morgan fingerprint density at radius 1 is 0.444 bits per heavy atom. The first kappa shape index (κ1) is 36.8. The number of benzene rings is 4. The van der Waals surface area contributed by atoms with Crippen LogP contribution in [0.1, 0.15) is 97.9 Å². The van der Waals surface area contributed by atoms with Gasteiger partial charge >= 0.3 is 0 Å². The number of hydrogen-bond acceptors (Lipinski definition) is 6. The van der Waals surface area contributed by atoms with Gasteiger partial charge in [-0.25, -0.2) is 9.97 Å². The number of nitrogens with zero attached hydrogens (tertiary/aromatic N) is 4. The lowest BCUT2D eigenvalue weighted by molar-refractivity contribution is 0.304. The molecule has 2 heterocycles. The zero-order chi connectivity index (χ0) is 37.3. The average molecular weight is 725 g/mol. The third-order valence-electron chi connectivity index (χ3n) is 9.74. The number of fused-ring (bicyclic) bond motifs is 8. The normalized spacial score (nSPS) is 12.4. The maximum atomic E-state index is 6.73. The van der Waals surface area contributed by atoms with Crippen molar-refractivity contribution >= 4 is 0 Å². The Hall–Kier alpha value is -5.50. The summed E-state index contributed by atoms with van der Waals surface area (Å²) < 4.78 is 31.0. The fraction of sp³-hybridized carbons (Fsp3) is 0.348. The molecule has 6 aromatic rings. The molecule has 280 valence electrons. The fourth-order valence-electron chi connectivity index (χ4n) is 7.33. The van der Waals surface area contributed by atoms with Gasteiger partial charge in [0.1, 0.15) is 23.0 Å². The number of aromatic nitrogens is 4. The standard InChI is InChI=1S/C46H52N4O4/c1-5-19-51-43-33-11-9-12-34(43)24-38-28-42(50-18-16-48-32-50)30-40(46(38)54-22-8-4)26-36-14-10-13-35(44(36)52-20-6-2)25-39-29-41(49-17-15-47-31-49)27-37(23-33)45(39)53-21-7-3/h9-18,27-32H,5-8,19-26H2,1-4H3. The second-order valence-electron chi connectivity index (χ2n) is 14.0. The second kappa shape index (κ2) is 17.5. The van der Waals surface area contributed by atoms with Crippen LogP contribution in [-0.4, -0.2) is 45.5 Å². The summed E-state index contributed by atoms with van der Waals surface area (Å²) in [4.78, 5) is 8.78. The topological polar surface area (TPSA) is 72.6 Å². The Labute approximate surface area is 319 Å². The Balaban J connectivity index is 1.51. The first-order valence-corrected chi connectivity index (χ1v) is 19.6. The Morgan fingerprint density at radius 2 is 0.741 bits per heavy atom. The molecule has 0 fully saturated rings. The highest BCUT2D eigenvalue weighted by Crippen LogP contribution is 2.40. The van der Waals surface area contributed by atoms with Crippen molar-refractivity contribution in [2.24, 2.45) is 0 Å². The zero-order valence-electron chi connectivity index (χ0n) is 32.1. The van der Waals surface area contributed by atoms with Gasteiger partial charge in [-0.2, -0.15) is 0 Å². The predicted octanol–water partition coefficient (Wildman–Crippen LogP) is 9.89. The molecule has 0 unspecified atom stereocenters. The molecule has 7 rings (SSSR count). The summed E-state index contributed by atoms with van der Waals surface area (Å²) in [5.74, 6) is 3.71. The first-order valence-electron chi connectivity index (χ1n) is 19.6. The molecular weight excluding hydrogens is 673 g/mol. The minimum Gasteiger partial charge on any atom is -0.493 e. The number of para-hydroxylation sites is 2. The summed E-state index contributed by atoms with van der Waals surface area (Å²) >= 11 is 0. The van der Waals surface area contributed by atoms with Gasteiger partial charge in [-0.15, -0.1) is 0 Å². The molecule has 0 radical (unpaired) electrons. The molecule has 4 aromatic carbocycles. The van der Waals surface area contributed by atoms with Crippen LogP contribution in [0.3, 0.4) is 0 Å². The van der Waals surface area contributed by atoms with E-state index >= 15 is 0 Å². The van der Waals surface area contributed by atoms with Crippen molar-refractivity contribution < 1.29 is 18.9 Å². The van der Waals surface area contributed by atoms with Crippen molar-refractivity contribution in [3.05, 3.63) is 143 Å². The van der Waals surface area contributed by atoms with Gasteiger partial charge in [-0.1, -0.05) is 64.1 Å². The summed E-state index contributed by atoms with van der Waals surface area (Å²) in [7, 11) is 0. The van der Waals surface area contributed by atoms with Crippen LogP contribution in [0.5, 0.6) is 23.0 Å². The van der Waals surface area contributed by atoms with Gasteiger partial charge < -0.3 is 28.1 Å². The van der Waals surface area contributed by atoms with Gasteiger partial charge in [0.2, 0.25) is 0 Å². The third kappa shape index (κ3) is 8.18. The summed E-state index contributed by atoms with van der Waals surface area (Å²) in [5.41, 5.74) is 11.0. The van der Waals surface area contributed by atoms with Gasteiger partial charge in [0.15, 0.2) is 0 Å². The molecule has 54 heavy (non-hydrogen) atoms. The average Bonchev–Trinajstić information content (AvgIpc) is 3.93. The molecule has 8 nitrogen and oxygen atoms in total. The highest BCUT2D eigenvalue weighted by molar-refractivity contribution is 5.60. The van der Waals surface area contributed by atoms with E-state index in [2.05, 4.69) is 107 Å². The lowest BCUT2D eigenvalue weighted by Gasteiger charge is -2.24. The van der Waals surface area contributed by atoms with Gasteiger partial charge in [-0.3, -0.25) is 0 Å². The molecule has 0 amide bonds. The molecule has 0 saturated heterocycles. The van der Waals surface area contributed by atoms with Crippen LogP contribution in [0.25, 0.3) is 11.4 Å². The van der Waals surface area contributed by atoms with Crippen LogP contribution in [0.15, 0.2) is 98.1 Å². The predicted molar refractivity (Wildman–Crippen MR) is 214 cm³/mol. The molecular formula is C46H52N4O4. The van der Waals surface area contributed by atoms with Crippen LogP contribution >= 0.6 is 0 Å². The Bertz CT molecular complexity index is 1900. The minimum absolute atomic E-state index is 0.622. The van der Waals surface area contributed by atoms with E-state index in [0.717, 1.165) is 105 Å². The molecule has 2 aromatic heterocycles. The van der Waals surface area contributed by atoms with E-state index in [9.17, 15) is 0 Å². The lowest BCUT2D eigenvalue weighted by Crippen LogP contribution is -2.11. The van der Waals surface area contributed by atoms with Crippen molar-refractivity contribution in [1.29, 1.82) is 0 Å². The van der Waals surface area contributed by atoms with Gasteiger partial charge in [0, 0.05) is 84.1 Å². The van der Waals surface area contributed by atoms with E-state index in [1.165, 1.54) is 0 Å². The van der Waals surface area contributed by atoms with Crippen LogP contribution in [0.4, 0.5) is 0 Å². The first-order chi connectivity index (χ1) is 26.6. The quantitative estimate of drug-likeness (QED) is 0.111. The smallest absolute Gasteiger partial charge is 0.126 e. The van der Waals surface area contributed by atoms with E-state index in [1.54, 1.807) is 0 Å². The largest absolute Gasteiger partial charge is 0.493 e. The number of rotatable bonds is 14. The highest BCUT2D eigenvalue weighted by Gasteiger charge is 2.23. The molecule has 1 aliphatic rings. The summed E-state index contributed by atoms with van der Waals surface area (Å²) in [6.07, 6.45) is 17.5. The summed E-state index contributed by atoms with van der Waals surface area (Å²) in [6.45, 7) is 11.1. The Morgan fingerprint density at radius 3 is 1.00 bits per heavy atom. The van der Waals surface area contributed by atoms with E-state index < -0.39 is 0 Å². The van der Waals surface area contributed by atoms with Crippen molar-refractivity contribution in [1.82, 2.24) is 19.1 Å². The summed E-state index contributed by atoms with van der Waals surface area (Å²) in [6, 6.07) is 22.1. The third-order valence-corrected chi connectivity index (χ3v) is 9.74. The van der Waals surface area contributed by atoms with E-state index in [0.29, 0.717) is 52.1 Å². The van der Waals surface area contributed by atoms with Crippen molar-refractivity contribution in [2.75, 3.05) is 26.4 Å². The Kier molecular flexibility index (Phi) is 12.0. The monoisotopic (exact) mass is 724 g/mol. The molecule has 0 aliphatic heterocycles. The lowest BCUT2D eigenvalue weighted by atomic mass is 9.90. The molecule has 8 heteroatoms. The second-order valence-corrected chi connectivity index (χ2v) is 14.0. The zero-order valence-corrected chi connectivity index (χ0v) is 32.1. The molecule has 0 spiro atoms. The molecule has 0 saturated carbocycles. The summed E-state index contributed by atoms with van der Waals surface area (Å²) in [5, 5.41) is 0. The number of hydrogen-bond donors (Lipinski definition) is 0. The van der Waals surface area contributed by atoms with Crippen molar-refractivity contribution in [3.8, 4) is 34.4 Å². The van der Waals surface area contributed by atoms with E-state index in [-0.39, 0.29) is 0 Å². The number of ether oxygens (including phenoxy) is 4. The van der Waals surface area contributed by atoms with E-state index in [1.807, 2.05) is 37.4 Å². The SMILES string of the molecule is CCCOc1c2cccc1Cc1cc(-n3ccnc3)cc(c1OCCC)Cc1cccc(c1OCCC)Cc1cc(-n3ccnc3)cc(c1OCCC)C2. The van der Waals surface area contributed by atoms with Gasteiger partial charge in [0.05, 0.1) is 39.1 Å². The van der Waals surface area contributed by atoms with Crippen LogP contribution in [-0.2, 0) is 25.7 Å². The highest BCUT2D eigenvalue weighted by atomic mass is 16.5. The van der Waals surface area contributed by atoms with Crippen LogP contribution < -0.4 is 18.9 Å². The van der Waals surface area contributed by atoms with Crippen molar-refractivity contribution in [2.45, 2.75) is 79.1 Å². The number of imidazole rings is 2. The maximum Gasteiger partial charge on any atom is 0.126 e. The molecule has 0 atom stereocenters. The van der Waals surface area contributed by atoms with Gasteiger partial charge in [-0.05, 0) is 72.2 Å². The molecule has 1 aliphatic carbocycles.